The number of nitrogens with one attached hydrogen (secondary N) is 1. The molecule has 3 heterocycles. The van der Waals surface area contributed by atoms with E-state index in [1.54, 1.807) is 17.4 Å². The zero-order valence-electron chi connectivity index (χ0n) is 10.6. The van der Waals surface area contributed by atoms with Crippen LogP contribution in [0.2, 0.25) is 0 Å². The van der Waals surface area contributed by atoms with Gasteiger partial charge in [-0.3, -0.25) is 9.59 Å². The Morgan fingerprint density at radius 1 is 1.42 bits per heavy atom. The van der Waals surface area contributed by atoms with Gasteiger partial charge >= 0.3 is 0 Å². The fourth-order valence-electron chi connectivity index (χ4n) is 2.50. The normalized spacial score (nSPS) is 18.2. The number of rotatable bonds is 1. The van der Waals surface area contributed by atoms with Crippen molar-refractivity contribution in [3.63, 3.8) is 0 Å². The lowest BCUT2D eigenvalue weighted by atomic mass is 10.0. The van der Waals surface area contributed by atoms with Crippen molar-refractivity contribution in [1.82, 2.24) is 9.88 Å². The third-order valence-electron chi connectivity index (χ3n) is 3.57. The summed E-state index contributed by atoms with van der Waals surface area (Å²) in [5.74, 6) is -0.0272. The molecule has 1 N–H and O–H groups in total. The van der Waals surface area contributed by atoms with Gasteiger partial charge in [0.15, 0.2) is 0 Å². The summed E-state index contributed by atoms with van der Waals surface area (Å²) in [6, 6.07) is 5.15. The van der Waals surface area contributed by atoms with Crippen molar-refractivity contribution >= 4 is 17.2 Å². The zero-order chi connectivity index (χ0) is 13.4. The molecular formula is C14H14N2O2S. The van der Waals surface area contributed by atoms with Crippen LogP contribution in [-0.2, 0) is 6.42 Å². The lowest BCUT2D eigenvalue weighted by Crippen LogP contribution is -2.38. The third kappa shape index (κ3) is 2.10. The number of carbonyl (C=O) groups excluding carboxylic acids is 1. The molecule has 4 nitrogen and oxygen atoms in total. The largest absolute Gasteiger partial charge is 0.331 e. The van der Waals surface area contributed by atoms with Crippen LogP contribution < -0.4 is 5.56 Å². The second-order valence-electron chi connectivity index (χ2n) is 4.67. The second-order valence-corrected chi connectivity index (χ2v) is 5.67. The van der Waals surface area contributed by atoms with Gasteiger partial charge in [0.05, 0.1) is 11.6 Å². The molecule has 0 unspecified atom stereocenters. The minimum Gasteiger partial charge on any atom is -0.331 e. The maximum atomic E-state index is 12.5. The van der Waals surface area contributed by atoms with Gasteiger partial charge in [-0.05, 0) is 36.4 Å². The first-order valence-electron chi connectivity index (χ1n) is 6.23. The Labute approximate surface area is 114 Å². The summed E-state index contributed by atoms with van der Waals surface area (Å²) >= 11 is 1.76. The number of amides is 1. The Kier molecular flexibility index (Phi) is 2.98. The highest BCUT2D eigenvalue weighted by atomic mass is 32.1. The average molecular weight is 274 g/mol. The maximum absolute atomic E-state index is 12.5. The second kappa shape index (κ2) is 4.66. The van der Waals surface area contributed by atoms with Gasteiger partial charge in [0, 0.05) is 23.7 Å². The summed E-state index contributed by atoms with van der Waals surface area (Å²) in [5.41, 5.74) is 1.59. The van der Waals surface area contributed by atoms with Crippen molar-refractivity contribution in [2.45, 2.75) is 19.4 Å². The number of carbonyl (C=O) groups is 1. The summed E-state index contributed by atoms with van der Waals surface area (Å²) in [7, 11) is 0. The average Bonchev–Trinajstić information content (AvgIpc) is 2.88. The number of aromatic amines is 1. The molecule has 0 fully saturated rings. The van der Waals surface area contributed by atoms with E-state index in [2.05, 4.69) is 16.4 Å². The van der Waals surface area contributed by atoms with E-state index in [0.717, 1.165) is 13.0 Å². The number of fused-ring (bicyclic) bond motifs is 1. The Morgan fingerprint density at radius 2 is 2.26 bits per heavy atom. The first-order valence-corrected chi connectivity index (χ1v) is 7.11. The number of hydrogen-bond acceptors (Lipinski definition) is 3. The van der Waals surface area contributed by atoms with Crippen molar-refractivity contribution in [2.75, 3.05) is 6.54 Å². The fourth-order valence-corrected chi connectivity index (χ4v) is 3.46. The van der Waals surface area contributed by atoms with Gasteiger partial charge in [-0.1, -0.05) is 0 Å². The molecule has 0 saturated carbocycles. The number of hydrogen-bond donors (Lipinski definition) is 1. The maximum Gasteiger partial charge on any atom is 0.255 e. The molecule has 0 saturated heterocycles. The topological polar surface area (TPSA) is 53.2 Å². The molecule has 2 aromatic rings. The van der Waals surface area contributed by atoms with Gasteiger partial charge in [-0.25, -0.2) is 0 Å². The number of nitrogens with zero attached hydrogens (tertiary/aromatic N) is 1. The van der Waals surface area contributed by atoms with Crippen LogP contribution in [0.1, 0.15) is 33.8 Å². The summed E-state index contributed by atoms with van der Waals surface area (Å²) in [6.45, 7) is 2.78. The van der Waals surface area contributed by atoms with Crippen molar-refractivity contribution < 1.29 is 4.79 Å². The van der Waals surface area contributed by atoms with E-state index < -0.39 is 0 Å². The minimum atomic E-state index is -0.191. The van der Waals surface area contributed by atoms with Gasteiger partial charge in [-0.2, -0.15) is 0 Å². The van der Waals surface area contributed by atoms with Crippen LogP contribution in [0.5, 0.6) is 0 Å². The highest BCUT2D eigenvalue weighted by molar-refractivity contribution is 7.10. The molecule has 0 bridgehead atoms. The van der Waals surface area contributed by atoms with E-state index >= 15 is 0 Å². The highest BCUT2D eigenvalue weighted by Crippen LogP contribution is 2.33. The van der Waals surface area contributed by atoms with E-state index in [0.29, 0.717) is 5.56 Å². The number of aromatic nitrogens is 1. The smallest absolute Gasteiger partial charge is 0.255 e. The first kappa shape index (κ1) is 12.2. The fraction of sp³-hybridized carbons (Fsp3) is 0.286. The van der Waals surface area contributed by atoms with Gasteiger partial charge in [0.25, 0.3) is 5.91 Å². The van der Waals surface area contributed by atoms with Gasteiger partial charge in [-0.15, -0.1) is 11.3 Å². The van der Waals surface area contributed by atoms with Crippen LogP contribution in [0, 0.1) is 0 Å². The molecule has 0 aromatic carbocycles. The van der Waals surface area contributed by atoms with Crippen molar-refractivity contribution in [2.24, 2.45) is 0 Å². The number of H-pyrrole nitrogens is 1. The molecule has 19 heavy (non-hydrogen) atoms. The summed E-state index contributed by atoms with van der Waals surface area (Å²) in [4.78, 5) is 29.3. The Bertz CT molecular complexity index is 654. The van der Waals surface area contributed by atoms with Crippen molar-refractivity contribution in [3.8, 4) is 0 Å². The SMILES string of the molecule is C[C@H]1c2ccsc2CCN1C(=O)c1ccc(=O)[nH]c1. The predicted octanol–water partition coefficient (Wildman–Crippen LogP) is 2.20. The first-order chi connectivity index (χ1) is 9.16. The van der Waals surface area contributed by atoms with Crippen LogP contribution in [-0.4, -0.2) is 22.3 Å². The van der Waals surface area contributed by atoms with Crippen LogP contribution in [0.4, 0.5) is 0 Å². The predicted molar refractivity (Wildman–Crippen MR) is 74.5 cm³/mol. The molecule has 1 aliphatic rings. The molecule has 0 spiro atoms. The summed E-state index contributed by atoms with van der Waals surface area (Å²) < 4.78 is 0. The molecule has 1 atom stereocenters. The van der Waals surface area contributed by atoms with Gasteiger partial charge in [0.2, 0.25) is 5.56 Å². The quantitative estimate of drug-likeness (QED) is 0.866. The van der Waals surface area contributed by atoms with E-state index in [1.165, 1.54) is 22.7 Å². The Balaban J connectivity index is 1.89. The number of thiophene rings is 1. The molecule has 1 amide bonds. The highest BCUT2D eigenvalue weighted by Gasteiger charge is 2.28. The Morgan fingerprint density at radius 3 is 3.00 bits per heavy atom. The van der Waals surface area contributed by atoms with Gasteiger partial charge in [0.1, 0.15) is 0 Å². The minimum absolute atomic E-state index is 0.0272. The van der Waals surface area contributed by atoms with Crippen molar-refractivity contribution in [3.05, 3.63) is 56.1 Å². The van der Waals surface area contributed by atoms with Crippen LogP contribution in [0.3, 0.4) is 0 Å². The van der Waals surface area contributed by atoms with Crippen LogP contribution in [0.15, 0.2) is 34.6 Å². The molecule has 0 aliphatic carbocycles. The standard InChI is InChI=1S/C14H14N2O2S/c1-9-11-5-7-19-12(11)4-6-16(9)14(18)10-2-3-13(17)15-8-10/h2-3,5,7-9H,4,6H2,1H3,(H,15,17)/t9-/m0/s1. The molecule has 5 heteroatoms. The van der Waals surface area contributed by atoms with E-state index in [9.17, 15) is 9.59 Å². The van der Waals surface area contributed by atoms with E-state index in [-0.39, 0.29) is 17.5 Å². The van der Waals surface area contributed by atoms with Crippen molar-refractivity contribution in [1.29, 1.82) is 0 Å². The Hall–Kier alpha value is -1.88. The summed E-state index contributed by atoms with van der Waals surface area (Å²) in [5, 5.41) is 2.08. The molecule has 1 aliphatic heterocycles. The molecule has 0 radical (unpaired) electrons. The van der Waals surface area contributed by atoms with Crippen LogP contribution >= 0.6 is 11.3 Å². The number of pyridine rings is 1. The van der Waals surface area contributed by atoms with E-state index in [1.807, 2.05) is 11.8 Å². The third-order valence-corrected chi connectivity index (χ3v) is 4.57. The van der Waals surface area contributed by atoms with E-state index in [4.69, 9.17) is 0 Å². The lowest BCUT2D eigenvalue weighted by Gasteiger charge is -2.33. The molecule has 2 aromatic heterocycles. The molecule has 3 rings (SSSR count). The zero-order valence-corrected chi connectivity index (χ0v) is 11.4. The van der Waals surface area contributed by atoms with Gasteiger partial charge < -0.3 is 9.88 Å². The molecular weight excluding hydrogens is 260 g/mol. The lowest BCUT2D eigenvalue weighted by molar-refractivity contribution is 0.0679. The summed E-state index contributed by atoms with van der Waals surface area (Å²) in [6.07, 6.45) is 2.40. The monoisotopic (exact) mass is 274 g/mol. The molecule has 98 valence electrons. The van der Waals surface area contributed by atoms with Crippen LogP contribution in [0.25, 0.3) is 0 Å².